The average Bonchev–Trinajstić information content (AvgIpc) is 3.09. The van der Waals surface area contributed by atoms with E-state index in [0.717, 1.165) is 38.2 Å². The first-order valence-corrected chi connectivity index (χ1v) is 8.27. The summed E-state index contributed by atoms with van der Waals surface area (Å²) in [6, 6.07) is 7.66. The van der Waals surface area contributed by atoms with Crippen LogP contribution in [0.2, 0.25) is 0 Å². The largest absolute Gasteiger partial charge is 0.419 e. The molecule has 2 aliphatic heterocycles. The highest BCUT2D eigenvalue weighted by molar-refractivity contribution is 5.72. The highest BCUT2D eigenvalue weighted by atomic mass is 16.4. The predicted octanol–water partition coefficient (Wildman–Crippen LogP) is 1.67. The fourth-order valence-corrected chi connectivity index (χ4v) is 4.11. The first-order valence-electron chi connectivity index (χ1n) is 8.27. The van der Waals surface area contributed by atoms with Gasteiger partial charge in [-0.25, -0.2) is 4.79 Å². The van der Waals surface area contributed by atoms with Gasteiger partial charge in [-0.2, -0.15) is 0 Å². The van der Waals surface area contributed by atoms with Gasteiger partial charge in [0.2, 0.25) is 0 Å². The standard InChI is InChI=1S/C17H23N3O2/c21-16-20(14-4-1-2-5-15(14)22-16)11-10-19-9-3-6-17(13-19)7-8-18-12-17/h1-2,4-5,18H,3,6-13H2/t17-/m1/s1. The van der Waals surface area contributed by atoms with E-state index in [-0.39, 0.29) is 5.76 Å². The van der Waals surface area contributed by atoms with Gasteiger partial charge in [0.15, 0.2) is 5.58 Å². The Morgan fingerprint density at radius 3 is 3.00 bits per heavy atom. The van der Waals surface area contributed by atoms with Gasteiger partial charge in [0, 0.05) is 26.2 Å². The van der Waals surface area contributed by atoms with Crippen LogP contribution in [0.25, 0.3) is 11.1 Å². The zero-order valence-electron chi connectivity index (χ0n) is 12.9. The summed E-state index contributed by atoms with van der Waals surface area (Å²) in [6.45, 7) is 6.24. The summed E-state index contributed by atoms with van der Waals surface area (Å²) in [4.78, 5) is 14.5. The van der Waals surface area contributed by atoms with Crippen molar-refractivity contribution in [2.75, 3.05) is 32.7 Å². The fraction of sp³-hybridized carbons (Fsp3) is 0.588. The summed E-state index contributed by atoms with van der Waals surface area (Å²) >= 11 is 0. The van der Waals surface area contributed by atoms with E-state index in [4.69, 9.17) is 4.42 Å². The van der Waals surface area contributed by atoms with Crippen LogP contribution in [-0.2, 0) is 6.54 Å². The number of benzene rings is 1. The minimum absolute atomic E-state index is 0.240. The Hall–Kier alpha value is -1.59. The molecule has 22 heavy (non-hydrogen) atoms. The molecule has 5 heteroatoms. The van der Waals surface area contributed by atoms with Crippen LogP contribution in [0.15, 0.2) is 33.5 Å². The second-order valence-electron chi connectivity index (χ2n) is 6.79. The lowest BCUT2D eigenvalue weighted by Crippen LogP contribution is -2.45. The van der Waals surface area contributed by atoms with E-state index < -0.39 is 0 Å². The molecule has 0 bridgehead atoms. The first kappa shape index (κ1) is 14.0. The monoisotopic (exact) mass is 301 g/mol. The maximum atomic E-state index is 12.0. The van der Waals surface area contributed by atoms with E-state index in [1.165, 1.54) is 19.3 Å². The van der Waals surface area contributed by atoms with Crippen molar-refractivity contribution in [3.8, 4) is 0 Å². The SMILES string of the molecule is O=c1oc2ccccc2n1CCN1CCC[C@]2(CCNC2)C1. The number of likely N-dealkylation sites (tertiary alicyclic amines) is 1. The molecule has 3 heterocycles. The van der Waals surface area contributed by atoms with Gasteiger partial charge < -0.3 is 14.6 Å². The van der Waals surface area contributed by atoms with Crippen molar-refractivity contribution in [3.63, 3.8) is 0 Å². The van der Waals surface area contributed by atoms with E-state index in [1.54, 1.807) is 4.57 Å². The van der Waals surface area contributed by atoms with Crippen molar-refractivity contribution in [1.29, 1.82) is 0 Å². The topological polar surface area (TPSA) is 50.4 Å². The fourth-order valence-electron chi connectivity index (χ4n) is 4.11. The number of rotatable bonds is 3. The Morgan fingerprint density at radius 2 is 2.14 bits per heavy atom. The third-order valence-electron chi connectivity index (χ3n) is 5.29. The maximum Gasteiger partial charge on any atom is 0.419 e. The smallest absolute Gasteiger partial charge is 0.408 e. The van der Waals surface area contributed by atoms with Gasteiger partial charge in [0.25, 0.3) is 0 Å². The van der Waals surface area contributed by atoms with Crippen LogP contribution in [0, 0.1) is 5.41 Å². The second kappa shape index (κ2) is 5.56. The molecule has 1 spiro atoms. The predicted molar refractivity (Wildman–Crippen MR) is 86.1 cm³/mol. The molecule has 1 aromatic heterocycles. The molecule has 0 amide bonds. The molecular weight excluding hydrogens is 278 g/mol. The van der Waals surface area contributed by atoms with Gasteiger partial charge in [-0.05, 0) is 49.9 Å². The summed E-state index contributed by atoms with van der Waals surface area (Å²) in [5.74, 6) is -0.240. The molecule has 118 valence electrons. The number of oxazole rings is 1. The highest BCUT2D eigenvalue weighted by Gasteiger charge is 2.37. The number of piperidine rings is 1. The minimum atomic E-state index is -0.240. The molecule has 1 aromatic carbocycles. The highest BCUT2D eigenvalue weighted by Crippen LogP contribution is 2.35. The van der Waals surface area contributed by atoms with Crippen molar-refractivity contribution in [2.45, 2.75) is 25.8 Å². The van der Waals surface area contributed by atoms with Crippen LogP contribution in [0.3, 0.4) is 0 Å². The molecular formula is C17H23N3O2. The molecule has 5 nitrogen and oxygen atoms in total. The molecule has 2 fully saturated rings. The van der Waals surface area contributed by atoms with Crippen molar-refractivity contribution in [1.82, 2.24) is 14.8 Å². The first-order chi connectivity index (χ1) is 10.8. The van der Waals surface area contributed by atoms with Crippen LogP contribution in [0.4, 0.5) is 0 Å². The number of aromatic nitrogens is 1. The molecule has 4 rings (SSSR count). The minimum Gasteiger partial charge on any atom is -0.408 e. The van der Waals surface area contributed by atoms with Gasteiger partial charge in [0.05, 0.1) is 5.52 Å². The van der Waals surface area contributed by atoms with Crippen molar-refractivity contribution >= 4 is 11.1 Å². The number of para-hydroxylation sites is 2. The van der Waals surface area contributed by atoms with Gasteiger partial charge in [-0.15, -0.1) is 0 Å². The molecule has 2 saturated heterocycles. The summed E-state index contributed by atoms with van der Waals surface area (Å²) in [7, 11) is 0. The number of nitrogens with one attached hydrogen (secondary N) is 1. The van der Waals surface area contributed by atoms with Crippen LogP contribution in [0.5, 0.6) is 0 Å². The van der Waals surface area contributed by atoms with Crippen molar-refractivity contribution < 1.29 is 4.42 Å². The summed E-state index contributed by atoms with van der Waals surface area (Å²) in [5.41, 5.74) is 2.06. The number of fused-ring (bicyclic) bond motifs is 1. The molecule has 0 unspecified atom stereocenters. The van der Waals surface area contributed by atoms with E-state index in [0.29, 0.717) is 17.5 Å². The van der Waals surface area contributed by atoms with Crippen molar-refractivity contribution in [3.05, 3.63) is 34.8 Å². The van der Waals surface area contributed by atoms with Gasteiger partial charge >= 0.3 is 5.76 Å². The molecule has 2 aliphatic rings. The second-order valence-corrected chi connectivity index (χ2v) is 6.79. The van der Waals surface area contributed by atoms with E-state index >= 15 is 0 Å². The third kappa shape index (κ3) is 2.48. The van der Waals surface area contributed by atoms with Gasteiger partial charge in [-0.1, -0.05) is 12.1 Å². The van der Waals surface area contributed by atoms with Crippen LogP contribution in [0.1, 0.15) is 19.3 Å². The van der Waals surface area contributed by atoms with Crippen LogP contribution in [-0.4, -0.2) is 42.2 Å². The lowest BCUT2D eigenvalue weighted by atomic mass is 9.79. The van der Waals surface area contributed by atoms with Crippen LogP contribution < -0.4 is 11.1 Å². The normalized spacial score (nSPS) is 26.2. The Balaban J connectivity index is 1.47. The van der Waals surface area contributed by atoms with E-state index in [2.05, 4.69) is 10.2 Å². The summed E-state index contributed by atoms with van der Waals surface area (Å²) in [6.07, 6.45) is 3.89. The molecule has 0 aliphatic carbocycles. The Labute approximate surface area is 129 Å². The van der Waals surface area contributed by atoms with E-state index in [9.17, 15) is 4.79 Å². The molecule has 1 N–H and O–H groups in total. The summed E-state index contributed by atoms with van der Waals surface area (Å²) in [5, 5.41) is 3.51. The maximum absolute atomic E-state index is 12.0. The van der Waals surface area contributed by atoms with E-state index in [1.807, 2.05) is 24.3 Å². The Kier molecular flexibility index (Phi) is 3.54. The Morgan fingerprint density at radius 1 is 1.23 bits per heavy atom. The van der Waals surface area contributed by atoms with Gasteiger partial charge in [-0.3, -0.25) is 4.57 Å². The number of hydrogen-bond donors (Lipinski definition) is 1. The lowest BCUT2D eigenvalue weighted by molar-refractivity contribution is 0.100. The zero-order chi connectivity index (χ0) is 15.0. The summed E-state index contributed by atoms with van der Waals surface area (Å²) < 4.78 is 7.08. The molecule has 2 aromatic rings. The molecule has 0 radical (unpaired) electrons. The zero-order valence-corrected chi connectivity index (χ0v) is 12.9. The van der Waals surface area contributed by atoms with Gasteiger partial charge in [0.1, 0.15) is 0 Å². The lowest BCUT2D eigenvalue weighted by Gasteiger charge is -2.40. The number of hydrogen-bond acceptors (Lipinski definition) is 4. The third-order valence-corrected chi connectivity index (χ3v) is 5.29. The number of nitrogens with zero attached hydrogens (tertiary/aromatic N) is 2. The molecule has 0 saturated carbocycles. The van der Waals surface area contributed by atoms with Crippen molar-refractivity contribution in [2.24, 2.45) is 5.41 Å². The quantitative estimate of drug-likeness (QED) is 0.937. The average molecular weight is 301 g/mol. The molecule has 1 atom stereocenters. The Bertz CT molecular complexity index is 712. The van der Waals surface area contributed by atoms with Crippen LogP contribution >= 0.6 is 0 Å².